The van der Waals surface area contributed by atoms with E-state index >= 15 is 0 Å². The summed E-state index contributed by atoms with van der Waals surface area (Å²) in [6, 6.07) is 10.4. The molecule has 1 amide bonds. The Bertz CT molecular complexity index is 1130. The molecule has 2 aromatic carbocycles. The van der Waals surface area contributed by atoms with E-state index in [0.717, 1.165) is 0 Å². The lowest BCUT2D eigenvalue weighted by molar-refractivity contribution is -0.143. The first-order valence-corrected chi connectivity index (χ1v) is 10.3. The fraction of sp³-hybridized carbons (Fsp3) is 0.261. The summed E-state index contributed by atoms with van der Waals surface area (Å²) >= 11 is 5.98. The molecule has 3 nitrogen and oxygen atoms in total. The summed E-state index contributed by atoms with van der Waals surface area (Å²) in [6.07, 6.45) is -7.79. The molecule has 33 heavy (non-hydrogen) atoms. The zero-order valence-corrected chi connectivity index (χ0v) is 17.7. The van der Waals surface area contributed by atoms with Gasteiger partial charge in [0.1, 0.15) is 0 Å². The van der Waals surface area contributed by atoms with Gasteiger partial charge in [0.15, 0.2) is 0 Å². The molecule has 1 unspecified atom stereocenters. The molecule has 2 heterocycles. The third kappa shape index (κ3) is 4.73. The van der Waals surface area contributed by atoms with Crippen LogP contribution in [0.1, 0.15) is 45.2 Å². The van der Waals surface area contributed by atoms with Gasteiger partial charge in [-0.3, -0.25) is 4.79 Å². The van der Waals surface area contributed by atoms with E-state index in [1.807, 2.05) is 10.8 Å². The molecule has 10 heteroatoms. The van der Waals surface area contributed by atoms with Crippen LogP contribution in [0.5, 0.6) is 0 Å². The van der Waals surface area contributed by atoms with E-state index in [4.69, 9.17) is 11.6 Å². The monoisotopic (exact) mass is 486 g/mol. The van der Waals surface area contributed by atoms with Crippen molar-refractivity contribution in [3.05, 3.63) is 93.8 Å². The van der Waals surface area contributed by atoms with E-state index in [0.29, 0.717) is 41.4 Å². The van der Waals surface area contributed by atoms with E-state index in [2.05, 4.69) is 0 Å². The van der Waals surface area contributed by atoms with Gasteiger partial charge in [-0.2, -0.15) is 26.3 Å². The number of fused-ring (bicyclic) bond motifs is 1. The summed E-state index contributed by atoms with van der Waals surface area (Å²) < 4.78 is 81.9. The highest BCUT2D eigenvalue weighted by molar-refractivity contribution is 6.30. The number of benzene rings is 2. The smallest absolute Gasteiger partial charge is 0.349 e. The molecule has 0 N–H and O–H groups in total. The van der Waals surface area contributed by atoms with Crippen LogP contribution in [0, 0.1) is 0 Å². The van der Waals surface area contributed by atoms with E-state index in [-0.39, 0.29) is 12.6 Å². The summed E-state index contributed by atoms with van der Waals surface area (Å²) in [4.78, 5) is 14.8. The van der Waals surface area contributed by atoms with Gasteiger partial charge >= 0.3 is 12.4 Å². The van der Waals surface area contributed by atoms with Gasteiger partial charge in [-0.15, -0.1) is 0 Å². The number of amides is 1. The maximum Gasteiger partial charge on any atom is 0.416 e. The number of carbonyl (C=O) groups is 1. The number of hydrogen-bond acceptors (Lipinski definition) is 1. The van der Waals surface area contributed by atoms with Crippen LogP contribution < -0.4 is 0 Å². The Kier molecular flexibility index (Phi) is 5.94. The predicted molar refractivity (Wildman–Crippen MR) is 110 cm³/mol. The predicted octanol–water partition coefficient (Wildman–Crippen LogP) is 6.81. The topological polar surface area (TPSA) is 25.2 Å². The molecule has 0 saturated carbocycles. The van der Waals surface area contributed by atoms with Crippen molar-refractivity contribution in [3.63, 3.8) is 0 Å². The van der Waals surface area contributed by atoms with E-state index in [1.54, 1.807) is 36.4 Å². The SMILES string of the molecule is O=C(c1cc(C(F)(F)F)cc(C(F)(F)F)c1)N1CCCn2cccc2C1c1ccc(Cl)cc1. The van der Waals surface area contributed by atoms with Crippen molar-refractivity contribution in [2.24, 2.45) is 0 Å². The average Bonchev–Trinajstić information content (AvgIpc) is 3.12. The number of alkyl halides is 6. The average molecular weight is 487 g/mol. The molecular formula is C23H17ClF6N2O. The Hall–Kier alpha value is -2.94. The molecule has 3 aromatic rings. The van der Waals surface area contributed by atoms with Crippen molar-refractivity contribution in [1.82, 2.24) is 9.47 Å². The molecule has 1 aliphatic heterocycles. The highest BCUT2D eigenvalue weighted by Gasteiger charge is 2.39. The summed E-state index contributed by atoms with van der Waals surface area (Å²) in [6.45, 7) is 0.692. The molecule has 1 aromatic heterocycles. The Balaban J connectivity index is 1.84. The lowest BCUT2D eigenvalue weighted by Gasteiger charge is -2.31. The van der Waals surface area contributed by atoms with Gasteiger partial charge in [-0.1, -0.05) is 23.7 Å². The summed E-state index contributed by atoms with van der Waals surface area (Å²) in [5.74, 6) is -0.916. The third-order valence-corrected chi connectivity index (χ3v) is 5.79. The molecule has 0 radical (unpaired) electrons. The first-order valence-electron chi connectivity index (χ1n) is 9.96. The molecule has 0 saturated heterocycles. The minimum Gasteiger partial charge on any atom is -0.349 e. The van der Waals surface area contributed by atoms with Crippen LogP contribution in [-0.2, 0) is 18.9 Å². The zero-order valence-electron chi connectivity index (χ0n) is 16.9. The molecule has 0 fully saturated rings. The van der Waals surface area contributed by atoms with Crippen molar-refractivity contribution >= 4 is 17.5 Å². The Morgan fingerprint density at radius 1 is 0.879 bits per heavy atom. The second-order valence-corrected chi connectivity index (χ2v) is 8.16. The van der Waals surface area contributed by atoms with E-state index < -0.39 is 41.0 Å². The highest BCUT2D eigenvalue weighted by Crippen LogP contribution is 2.38. The third-order valence-electron chi connectivity index (χ3n) is 5.54. The number of halogens is 7. The first kappa shape index (κ1) is 23.2. The number of rotatable bonds is 2. The maximum atomic E-state index is 13.4. The van der Waals surface area contributed by atoms with Crippen molar-refractivity contribution in [3.8, 4) is 0 Å². The molecule has 1 atom stereocenters. The molecular weight excluding hydrogens is 470 g/mol. The summed E-state index contributed by atoms with van der Waals surface area (Å²) in [7, 11) is 0. The molecule has 4 rings (SSSR count). The van der Waals surface area contributed by atoms with Gasteiger partial charge in [0.2, 0.25) is 0 Å². The van der Waals surface area contributed by atoms with Crippen LogP contribution in [0.4, 0.5) is 26.3 Å². The minimum atomic E-state index is -5.04. The van der Waals surface area contributed by atoms with Crippen molar-refractivity contribution in [2.75, 3.05) is 6.54 Å². The number of carbonyl (C=O) groups excluding carboxylic acids is 1. The standard InChI is InChI=1S/C23H17ClF6N2O/c24-18-6-4-14(5-7-18)20-19-3-1-8-31(19)9-2-10-32(20)21(33)15-11-16(22(25,26)27)13-17(12-15)23(28,29)30/h1,3-8,11-13,20H,2,9-10H2. The van der Waals surface area contributed by atoms with E-state index in [9.17, 15) is 31.1 Å². The fourth-order valence-corrected chi connectivity index (χ4v) is 4.16. The van der Waals surface area contributed by atoms with Crippen molar-refractivity contribution < 1.29 is 31.1 Å². The van der Waals surface area contributed by atoms with Gasteiger partial charge < -0.3 is 9.47 Å². The van der Waals surface area contributed by atoms with Gasteiger partial charge in [0.05, 0.1) is 17.2 Å². The number of aromatic nitrogens is 1. The van der Waals surface area contributed by atoms with Gasteiger partial charge in [0, 0.05) is 35.6 Å². The Morgan fingerprint density at radius 3 is 2.06 bits per heavy atom. The molecule has 0 aliphatic carbocycles. The summed E-state index contributed by atoms with van der Waals surface area (Å²) in [5.41, 5.74) is -2.39. The van der Waals surface area contributed by atoms with Crippen LogP contribution in [0.3, 0.4) is 0 Å². The van der Waals surface area contributed by atoms with Gasteiger partial charge in [-0.25, -0.2) is 0 Å². The second-order valence-electron chi connectivity index (χ2n) is 7.73. The normalized spacial score (nSPS) is 16.9. The molecule has 174 valence electrons. The largest absolute Gasteiger partial charge is 0.416 e. The van der Waals surface area contributed by atoms with Gasteiger partial charge in [-0.05, 0) is 54.4 Å². The van der Waals surface area contributed by atoms with Crippen LogP contribution in [0.15, 0.2) is 60.8 Å². The zero-order chi connectivity index (χ0) is 24.0. The Labute approximate surface area is 190 Å². The van der Waals surface area contributed by atoms with E-state index in [1.165, 1.54) is 4.90 Å². The minimum absolute atomic E-state index is 0.0149. The van der Waals surface area contributed by atoms with Crippen LogP contribution >= 0.6 is 11.6 Å². The molecule has 1 aliphatic rings. The van der Waals surface area contributed by atoms with Gasteiger partial charge in [0.25, 0.3) is 5.91 Å². The van der Waals surface area contributed by atoms with Crippen LogP contribution in [-0.4, -0.2) is 21.9 Å². The first-order chi connectivity index (χ1) is 15.4. The highest BCUT2D eigenvalue weighted by atomic mass is 35.5. The van der Waals surface area contributed by atoms with Crippen LogP contribution in [0.2, 0.25) is 5.02 Å². The lowest BCUT2D eigenvalue weighted by atomic mass is 9.99. The Morgan fingerprint density at radius 2 is 1.48 bits per heavy atom. The summed E-state index contributed by atoms with van der Waals surface area (Å²) in [5, 5.41) is 0.452. The molecule has 0 spiro atoms. The maximum absolute atomic E-state index is 13.4. The lowest BCUT2D eigenvalue weighted by Crippen LogP contribution is -2.36. The van der Waals surface area contributed by atoms with Crippen LogP contribution in [0.25, 0.3) is 0 Å². The van der Waals surface area contributed by atoms with Crippen molar-refractivity contribution in [2.45, 2.75) is 31.4 Å². The number of aryl methyl sites for hydroxylation is 1. The quantitative estimate of drug-likeness (QED) is 0.365. The number of hydrogen-bond donors (Lipinski definition) is 0. The fourth-order valence-electron chi connectivity index (χ4n) is 4.04. The second kappa shape index (κ2) is 8.44. The van der Waals surface area contributed by atoms with Crippen molar-refractivity contribution in [1.29, 1.82) is 0 Å². The number of nitrogens with zero attached hydrogens (tertiary/aromatic N) is 2. The molecule has 0 bridgehead atoms.